The van der Waals surface area contributed by atoms with Gasteiger partial charge in [0, 0.05) is 11.1 Å². The maximum Gasteiger partial charge on any atom is 0.150 e. The number of aromatic nitrogens is 2. The topological polar surface area (TPSA) is 28.7 Å². The van der Waals surface area contributed by atoms with Crippen molar-refractivity contribution >= 4 is 23.8 Å². The molecule has 1 aromatic heterocycles. The Kier molecular flexibility index (Phi) is 2.98. The molecule has 1 aromatic carbocycles. The molecule has 0 saturated carbocycles. The molecule has 0 aliphatic heterocycles. The molecule has 2 aromatic rings. The Balaban J connectivity index is 2.71. The zero-order valence-electron chi connectivity index (χ0n) is 7.80. The smallest absolute Gasteiger partial charge is 0.150 e. The molecule has 2 nitrogen and oxygen atoms in total. The van der Waals surface area contributed by atoms with E-state index >= 15 is 0 Å². The number of hydrogen-bond acceptors (Lipinski definition) is 2. The Bertz CT molecular complexity index is 598. The highest BCUT2D eigenvalue weighted by molar-refractivity contribution is 7.71. The van der Waals surface area contributed by atoms with Crippen molar-refractivity contribution in [1.29, 1.82) is 0 Å². The average molecular weight is 259 g/mol. The third kappa shape index (κ3) is 2.10. The first-order chi connectivity index (χ1) is 7.58. The van der Waals surface area contributed by atoms with Crippen LogP contribution in [-0.2, 0) is 0 Å². The summed E-state index contributed by atoms with van der Waals surface area (Å²) in [5.41, 5.74) is 0.373. The molecule has 0 radical (unpaired) electrons. The SMILES string of the molecule is Fc1ccc(F)c(-c2cc(Cl)n[nH]c2=S)c1. The van der Waals surface area contributed by atoms with E-state index in [4.69, 9.17) is 23.8 Å². The zero-order chi connectivity index (χ0) is 11.7. The van der Waals surface area contributed by atoms with E-state index in [-0.39, 0.29) is 15.4 Å². The van der Waals surface area contributed by atoms with Gasteiger partial charge in [-0.05, 0) is 24.3 Å². The Morgan fingerprint density at radius 1 is 1.19 bits per heavy atom. The van der Waals surface area contributed by atoms with Crippen LogP contribution < -0.4 is 0 Å². The molecule has 0 aliphatic carbocycles. The fourth-order valence-electron chi connectivity index (χ4n) is 1.29. The van der Waals surface area contributed by atoms with Gasteiger partial charge in [-0.15, -0.1) is 0 Å². The van der Waals surface area contributed by atoms with Crippen molar-refractivity contribution in [2.45, 2.75) is 0 Å². The minimum absolute atomic E-state index is 0.0607. The fraction of sp³-hybridized carbons (Fsp3) is 0. The summed E-state index contributed by atoms with van der Waals surface area (Å²) in [7, 11) is 0. The Morgan fingerprint density at radius 3 is 2.69 bits per heavy atom. The van der Waals surface area contributed by atoms with Crippen molar-refractivity contribution in [1.82, 2.24) is 10.2 Å². The molecule has 0 saturated heterocycles. The van der Waals surface area contributed by atoms with E-state index in [2.05, 4.69) is 10.2 Å². The normalized spacial score (nSPS) is 10.4. The summed E-state index contributed by atoms with van der Waals surface area (Å²) in [5, 5.41) is 6.23. The van der Waals surface area contributed by atoms with Crippen LogP contribution in [0.25, 0.3) is 11.1 Å². The van der Waals surface area contributed by atoms with Crippen LogP contribution in [-0.4, -0.2) is 10.2 Å². The molecule has 0 bridgehead atoms. The summed E-state index contributed by atoms with van der Waals surface area (Å²) in [4.78, 5) is 0. The van der Waals surface area contributed by atoms with E-state index < -0.39 is 11.6 Å². The number of benzene rings is 1. The van der Waals surface area contributed by atoms with Crippen molar-refractivity contribution in [2.75, 3.05) is 0 Å². The molecule has 0 spiro atoms. The first-order valence-electron chi connectivity index (χ1n) is 4.28. The van der Waals surface area contributed by atoms with Crippen molar-refractivity contribution in [3.05, 3.63) is 45.7 Å². The molecule has 0 aliphatic rings. The van der Waals surface area contributed by atoms with Crippen LogP contribution in [0.4, 0.5) is 8.78 Å². The molecule has 0 amide bonds. The molecule has 0 fully saturated rings. The largest absolute Gasteiger partial charge is 0.266 e. The first kappa shape index (κ1) is 11.2. The Hall–Kier alpha value is -1.33. The van der Waals surface area contributed by atoms with Gasteiger partial charge in [0.1, 0.15) is 21.4 Å². The summed E-state index contributed by atoms with van der Waals surface area (Å²) in [5.74, 6) is -1.11. The molecule has 82 valence electrons. The molecule has 0 unspecified atom stereocenters. The summed E-state index contributed by atoms with van der Waals surface area (Å²) in [6, 6.07) is 4.52. The molecular formula is C10H5ClF2N2S. The van der Waals surface area contributed by atoms with Crippen LogP contribution in [0.5, 0.6) is 0 Å². The minimum atomic E-state index is -0.567. The lowest BCUT2D eigenvalue weighted by molar-refractivity contribution is 0.603. The number of rotatable bonds is 1. The summed E-state index contributed by atoms with van der Waals surface area (Å²) >= 11 is 10.6. The van der Waals surface area contributed by atoms with Crippen LogP contribution in [0.1, 0.15) is 0 Å². The minimum Gasteiger partial charge on any atom is -0.266 e. The van der Waals surface area contributed by atoms with Gasteiger partial charge in [-0.1, -0.05) is 23.8 Å². The van der Waals surface area contributed by atoms with Gasteiger partial charge >= 0.3 is 0 Å². The number of aromatic amines is 1. The van der Waals surface area contributed by atoms with Crippen LogP contribution in [0.3, 0.4) is 0 Å². The number of nitrogens with zero attached hydrogens (tertiary/aromatic N) is 1. The lowest BCUT2D eigenvalue weighted by atomic mass is 10.1. The molecule has 16 heavy (non-hydrogen) atoms. The standard InChI is InChI=1S/C10H5ClF2N2S/c11-9-4-7(10(16)15-14-9)6-3-5(12)1-2-8(6)13/h1-4H,(H,15,16). The molecule has 1 heterocycles. The number of nitrogens with one attached hydrogen (secondary N) is 1. The van der Waals surface area contributed by atoms with Crippen LogP contribution >= 0.6 is 23.8 Å². The average Bonchev–Trinajstić information content (AvgIpc) is 2.25. The third-order valence-electron chi connectivity index (χ3n) is 1.99. The molecule has 6 heteroatoms. The van der Waals surface area contributed by atoms with Gasteiger partial charge in [-0.2, -0.15) is 5.10 Å². The lowest BCUT2D eigenvalue weighted by Crippen LogP contribution is -1.91. The number of hydrogen-bond donors (Lipinski definition) is 1. The van der Waals surface area contributed by atoms with Gasteiger partial charge in [-0.3, -0.25) is 5.10 Å². The Morgan fingerprint density at radius 2 is 1.94 bits per heavy atom. The third-order valence-corrected chi connectivity index (χ3v) is 2.50. The van der Waals surface area contributed by atoms with Crippen molar-refractivity contribution in [3.63, 3.8) is 0 Å². The van der Waals surface area contributed by atoms with Gasteiger partial charge in [-0.25, -0.2) is 8.78 Å². The fourth-order valence-corrected chi connectivity index (χ4v) is 1.65. The lowest BCUT2D eigenvalue weighted by Gasteiger charge is -2.03. The molecule has 1 N–H and O–H groups in total. The van der Waals surface area contributed by atoms with Crippen LogP contribution in [0, 0.1) is 16.3 Å². The van der Waals surface area contributed by atoms with E-state index in [1.165, 1.54) is 6.07 Å². The van der Waals surface area contributed by atoms with Crippen LogP contribution in [0.15, 0.2) is 24.3 Å². The molecule has 0 atom stereocenters. The summed E-state index contributed by atoms with van der Waals surface area (Å²) in [6.07, 6.45) is 0. The van der Waals surface area contributed by atoms with Crippen LogP contribution in [0.2, 0.25) is 5.15 Å². The monoisotopic (exact) mass is 258 g/mol. The maximum atomic E-state index is 13.5. The van der Waals surface area contributed by atoms with Gasteiger partial charge < -0.3 is 0 Å². The second-order valence-corrected chi connectivity index (χ2v) is 3.85. The van der Waals surface area contributed by atoms with E-state index in [0.29, 0.717) is 5.56 Å². The maximum absolute atomic E-state index is 13.5. The summed E-state index contributed by atoms with van der Waals surface area (Å²) in [6.45, 7) is 0. The van der Waals surface area contributed by atoms with Crippen molar-refractivity contribution in [2.24, 2.45) is 0 Å². The molecular weight excluding hydrogens is 254 g/mol. The first-order valence-corrected chi connectivity index (χ1v) is 5.07. The number of halogens is 3. The van der Waals surface area contributed by atoms with E-state index in [1.807, 2.05) is 0 Å². The quantitative estimate of drug-likeness (QED) is 0.790. The predicted molar refractivity (Wildman–Crippen MR) is 59.8 cm³/mol. The Labute approximate surface area is 99.9 Å². The number of H-pyrrole nitrogens is 1. The van der Waals surface area contributed by atoms with Gasteiger partial charge in [0.15, 0.2) is 0 Å². The highest BCUT2D eigenvalue weighted by atomic mass is 35.5. The van der Waals surface area contributed by atoms with E-state index in [0.717, 1.165) is 18.2 Å². The van der Waals surface area contributed by atoms with E-state index in [9.17, 15) is 8.78 Å². The zero-order valence-corrected chi connectivity index (χ0v) is 9.37. The van der Waals surface area contributed by atoms with Gasteiger partial charge in [0.25, 0.3) is 0 Å². The molecule has 2 rings (SSSR count). The highest BCUT2D eigenvalue weighted by Gasteiger charge is 2.09. The predicted octanol–water partition coefficient (Wildman–Crippen LogP) is 3.74. The van der Waals surface area contributed by atoms with Gasteiger partial charge in [0.2, 0.25) is 0 Å². The van der Waals surface area contributed by atoms with Crippen molar-refractivity contribution in [3.8, 4) is 11.1 Å². The van der Waals surface area contributed by atoms with Crippen molar-refractivity contribution < 1.29 is 8.78 Å². The second kappa shape index (κ2) is 4.27. The second-order valence-electron chi connectivity index (χ2n) is 3.06. The summed E-state index contributed by atoms with van der Waals surface area (Å²) < 4.78 is 26.7. The van der Waals surface area contributed by atoms with E-state index in [1.54, 1.807) is 0 Å². The van der Waals surface area contributed by atoms with Gasteiger partial charge in [0.05, 0.1) is 0 Å². The highest BCUT2D eigenvalue weighted by Crippen LogP contribution is 2.25.